The molecule has 1 rings (SSSR count). The summed E-state index contributed by atoms with van der Waals surface area (Å²) < 4.78 is 66.1. The van der Waals surface area contributed by atoms with Crippen molar-refractivity contribution in [3.05, 3.63) is 28.3 Å². The Morgan fingerprint density at radius 2 is 1.86 bits per heavy atom. The van der Waals surface area contributed by atoms with E-state index in [9.17, 15) is 36.9 Å². The zero-order valence-electron chi connectivity index (χ0n) is 10.2. The van der Waals surface area contributed by atoms with Crippen molar-refractivity contribution >= 4 is 17.3 Å². The van der Waals surface area contributed by atoms with Gasteiger partial charge in [-0.25, -0.2) is 0 Å². The van der Waals surface area contributed by atoms with Crippen molar-refractivity contribution in [1.82, 2.24) is 0 Å². The maximum Gasteiger partial charge on any atom is 0.463 e. The van der Waals surface area contributed by atoms with Gasteiger partial charge in [-0.05, 0) is 6.07 Å². The number of carbonyl (C=O) groups is 1. The minimum atomic E-state index is -6.06. The van der Waals surface area contributed by atoms with Crippen molar-refractivity contribution in [3.63, 3.8) is 0 Å². The van der Waals surface area contributed by atoms with E-state index in [2.05, 4.69) is 4.74 Å². The van der Waals surface area contributed by atoms with Crippen molar-refractivity contribution in [2.75, 3.05) is 12.4 Å². The third kappa shape index (κ3) is 3.35. The average molecular weight is 314 g/mol. The summed E-state index contributed by atoms with van der Waals surface area (Å²) in [7, 11) is 0.997. The molecule has 0 fully saturated rings. The smallest absolute Gasteiger partial charge is 0.463 e. The highest BCUT2D eigenvalue weighted by Crippen LogP contribution is 2.37. The zero-order chi connectivity index (χ0) is 16.4. The molecule has 0 saturated carbocycles. The van der Waals surface area contributed by atoms with Gasteiger partial charge in [0.05, 0.1) is 23.8 Å². The molecule has 11 heteroatoms. The molecule has 116 valence electrons. The predicted octanol–water partition coefficient (Wildman–Crippen LogP) is 2.74. The second-order valence-electron chi connectivity index (χ2n) is 3.67. The van der Waals surface area contributed by atoms with E-state index in [-0.39, 0.29) is 0 Å². The van der Waals surface area contributed by atoms with Gasteiger partial charge in [-0.1, -0.05) is 0 Å². The summed E-state index contributed by atoms with van der Waals surface area (Å²) in [6.07, 6.45) is -6.06. The fourth-order valence-corrected chi connectivity index (χ4v) is 1.23. The second-order valence-corrected chi connectivity index (χ2v) is 3.67. The van der Waals surface area contributed by atoms with E-state index < -0.39 is 40.1 Å². The van der Waals surface area contributed by atoms with Crippen LogP contribution in [0.1, 0.15) is 0 Å². The fourth-order valence-electron chi connectivity index (χ4n) is 1.23. The summed E-state index contributed by atoms with van der Waals surface area (Å²) in [5.74, 6) is -8.67. The van der Waals surface area contributed by atoms with E-state index in [1.54, 1.807) is 0 Å². The van der Waals surface area contributed by atoms with Crippen molar-refractivity contribution < 1.29 is 36.4 Å². The first-order chi connectivity index (χ1) is 9.50. The molecule has 6 nitrogen and oxygen atoms in total. The number of nitrogens with zero attached hydrogens (tertiary/aromatic N) is 1. The largest absolute Gasteiger partial charge is 0.494 e. The summed E-state index contributed by atoms with van der Waals surface area (Å²) >= 11 is 0. The molecule has 0 heterocycles. The molecule has 0 aliphatic rings. The molecule has 0 bridgehead atoms. The lowest BCUT2D eigenvalue weighted by Crippen LogP contribution is -2.47. The molecule has 1 amide bonds. The van der Waals surface area contributed by atoms with Crippen LogP contribution in [0.2, 0.25) is 0 Å². The van der Waals surface area contributed by atoms with Gasteiger partial charge in [0.1, 0.15) is 5.75 Å². The van der Waals surface area contributed by atoms with Crippen LogP contribution < -0.4 is 10.1 Å². The van der Waals surface area contributed by atoms with Crippen molar-refractivity contribution in [1.29, 1.82) is 0 Å². The van der Waals surface area contributed by atoms with E-state index in [0.29, 0.717) is 0 Å². The normalized spacial score (nSPS) is 11.9. The fraction of sp³-hybridized carbons (Fsp3) is 0.300. The number of amides is 1. The van der Waals surface area contributed by atoms with Gasteiger partial charge in [0.2, 0.25) is 0 Å². The number of ether oxygens (including phenoxy) is 1. The van der Waals surface area contributed by atoms with Gasteiger partial charge in [-0.15, -0.1) is 0 Å². The minimum Gasteiger partial charge on any atom is -0.494 e. The molecule has 1 aromatic carbocycles. The first kappa shape index (κ1) is 16.6. The first-order valence-electron chi connectivity index (χ1n) is 5.09. The van der Waals surface area contributed by atoms with Crippen LogP contribution in [0.3, 0.4) is 0 Å². The lowest BCUT2D eigenvalue weighted by molar-refractivity contribution is -0.384. The number of halogens is 5. The monoisotopic (exact) mass is 314 g/mol. The standard InChI is InChI=1S/C10H7F5N2O4/c1-21-7-4-5(17(19)20)2-3-6(7)16-8(18)9(11,12)10(13,14)15/h2-4H,1H3,(H,16,18). The Bertz CT molecular complexity index is 573. The van der Waals surface area contributed by atoms with Gasteiger partial charge in [0.15, 0.2) is 0 Å². The topological polar surface area (TPSA) is 81.5 Å². The number of carbonyl (C=O) groups excluding carboxylic acids is 1. The van der Waals surface area contributed by atoms with Crippen LogP contribution in [-0.4, -0.2) is 30.0 Å². The molecule has 0 aliphatic carbocycles. The van der Waals surface area contributed by atoms with Crippen LogP contribution in [0, 0.1) is 10.1 Å². The molecule has 1 aromatic rings. The number of nitro groups is 1. The number of non-ortho nitro benzene ring substituents is 1. The number of alkyl halides is 5. The van der Waals surface area contributed by atoms with Crippen LogP contribution in [-0.2, 0) is 4.79 Å². The quantitative estimate of drug-likeness (QED) is 0.526. The van der Waals surface area contributed by atoms with E-state index in [1.165, 1.54) is 5.32 Å². The number of nitro benzene ring substituents is 1. The van der Waals surface area contributed by atoms with E-state index in [4.69, 9.17) is 0 Å². The van der Waals surface area contributed by atoms with Gasteiger partial charge in [0, 0.05) is 6.07 Å². The minimum absolute atomic E-state index is 0.435. The highest BCUT2D eigenvalue weighted by molar-refractivity contribution is 5.98. The van der Waals surface area contributed by atoms with Gasteiger partial charge < -0.3 is 10.1 Å². The van der Waals surface area contributed by atoms with Crippen LogP contribution >= 0.6 is 0 Å². The average Bonchev–Trinajstić information content (AvgIpc) is 2.37. The molecule has 0 aromatic heterocycles. The third-order valence-electron chi connectivity index (χ3n) is 2.29. The summed E-state index contributed by atoms with van der Waals surface area (Å²) in [4.78, 5) is 20.6. The van der Waals surface area contributed by atoms with Crippen molar-refractivity contribution in [2.45, 2.75) is 12.1 Å². The highest BCUT2D eigenvalue weighted by Gasteiger charge is 2.63. The maximum absolute atomic E-state index is 12.8. The predicted molar refractivity (Wildman–Crippen MR) is 59.3 cm³/mol. The zero-order valence-corrected chi connectivity index (χ0v) is 10.2. The Morgan fingerprint density at radius 3 is 2.29 bits per heavy atom. The molecule has 0 saturated heterocycles. The van der Waals surface area contributed by atoms with Crippen LogP contribution in [0.25, 0.3) is 0 Å². The van der Waals surface area contributed by atoms with E-state index in [0.717, 1.165) is 25.3 Å². The lowest BCUT2D eigenvalue weighted by Gasteiger charge is -2.19. The van der Waals surface area contributed by atoms with Gasteiger partial charge in [-0.2, -0.15) is 22.0 Å². The van der Waals surface area contributed by atoms with E-state index >= 15 is 0 Å². The highest BCUT2D eigenvalue weighted by atomic mass is 19.4. The molecular formula is C10H7F5N2O4. The molecule has 0 atom stereocenters. The van der Waals surface area contributed by atoms with Crippen molar-refractivity contribution in [3.8, 4) is 5.75 Å². The number of methoxy groups -OCH3 is 1. The lowest BCUT2D eigenvalue weighted by atomic mass is 10.2. The summed E-state index contributed by atoms with van der Waals surface area (Å²) in [6.45, 7) is 0. The SMILES string of the molecule is COc1cc([N+](=O)[O-])ccc1NC(=O)C(F)(F)C(F)(F)F. The van der Waals surface area contributed by atoms with Crippen molar-refractivity contribution in [2.24, 2.45) is 0 Å². The molecular weight excluding hydrogens is 307 g/mol. The van der Waals surface area contributed by atoms with E-state index in [1.807, 2.05) is 0 Å². The van der Waals surface area contributed by atoms with Crippen LogP contribution in [0.4, 0.5) is 33.3 Å². The molecule has 0 unspecified atom stereocenters. The third-order valence-corrected chi connectivity index (χ3v) is 2.29. The molecule has 0 radical (unpaired) electrons. The van der Waals surface area contributed by atoms with Crippen LogP contribution in [0.15, 0.2) is 18.2 Å². The molecule has 1 N–H and O–H groups in total. The molecule has 21 heavy (non-hydrogen) atoms. The number of benzene rings is 1. The summed E-state index contributed by atoms with van der Waals surface area (Å²) in [5, 5.41) is 11.8. The number of anilines is 1. The van der Waals surface area contributed by atoms with Crippen LogP contribution in [0.5, 0.6) is 5.75 Å². The Balaban J connectivity index is 3.09. The Hall–Kier alpha value is -2.46. The Labute approximate surface area is 113 Å². The number of nitrogens with one attached hydrogen (secondary N) is 1. The number of hydrogen-bond acceptors (Lipinski definition) is 4. The second kappa shape index (κ2) is 5.50. The summed E-state index contributed by atoms with van der Waals surface area (Å²) in [5.41, 5.74) is -1.05. The Morgan fingerprint density at radius 1 is 1.29 bits per heavy atom. The van der Waals surface area contributed by atoms with Gasteiger partial charge in [0.25, 0.3) is 5.69 Å². The van der Waals surface area contributed by atoms with Gasteiger partial charge >= 0.3 is 18.0 Å². The first-order valence-corrected chi connectivity index (χ1v) is 5.09. The van der Waals surface area contributed by atoms with Gasteiger partial charge in [-0.3, -0.25) is 14.9 Å². The number of hydrogen-bond donors (Lipinski definition) is 1. The maximum atomic E-state index is 12.8. The molecule has 0 spiro atoms. The number of rotatable bonds is 4. The Kier molecular flexibility index (Phi) is 4.35. The summed E-state index contributed by atoms with van der Waals surface area (Å²) in [6, 6.07) is 2.35. The molecule has 0 aliphatic heterocycles.